The number of piperidine rings is 1. The molecule has 0 amide bonds. The first kappa shape index (κ1) is 12.9. The van der Waals surface area contributed by atoms with Crippen molar-refractivity contribution in [3.8, 4) is 0 Å². The average Bonchev–Trinajstić information content (AvgIpc) is 2.64. The second-order valence-corrected chi connectivity index (χ2v) is 6.19. The molecule has 2 saturated heterocycles. The number of aryl methyl sites for hydroxylation is 2. The summed E-state index contributed by atoms with van der Waals surface area (Å²) in [7, 11) is 2.29. The minimum Gasteiger partial charge on any atom is -0.369 e. The van der Waals surface area contributed by atoms with E-state index in [1.165, 1.54) is 25.7 Å². The molecule has 2 fully saturated rings. The van der Waals surface area contributed by atoms with Gasteiger partial charge in [0, 0.05) is 18.6 Å². The van der Waals surface area contributed by atoms with Crippen molar-refractivity contribution >= 4 is 5.82 Å². The van der Waals surface area contributed by atoms with Crippen LogP contribution in [0.15, 0.2) is 6.20 Å². The van der Waals surface area contributed by atoms with Gasteiger partial charge in [-0.3, -0.25) is 4.98 Å². The number of nitrogens with zero attached hydrogens (tertiary/aromatic N) is 3. The van der Waals surface area contributed by atoms with E-state index in [2.05, 4.69) is 27.2 Å². The van der Waals surface area contributed by atoms with Crippen LogP contribution in [0, 0.1) is 19.8 Å². The molecule has 3 heterocycles. The second-order valence-electron chi connectivity index (χ2n) is 6.19. The Bertz CT molecular complexity index is 445. The van der Waals surface area contributed by atoms with Gasteiger partial charge in [-0.15, -0.1) is 0 Å². The van der Waals surface area contributed by atoms with Crippen LogP contribution in [0.5, 0.6) is 0 Å². The maximum atomic E-state index is 4.54. The van der Waals surface area contributed by atoms with Crippen LogP contribution in [0.4, 0.5) is 5.82 Å². The molecule has 0 radical (unpaired) electrons. The van der Waals surface area contributed by atoms with E-state index in [1.807, 2.05) is 20.0 Å². The summed E-state index contributed by atoms with van der Waals surface area (Å²) in [6.07, 6.45) is 7.30. The lowest BCUT2D eigenvalue weighted by Crippen LogP contribution is -2.41. The Morgan fingerprint density at radius 3 is 2.53 bits per heavy atom. The van der Waals surface area contributed by atoms with Gasteiger partial charge in [0.05, 0.1) is 17.6 Å². The fourth-order valence-corrected chi connectivity index (χ4v) is 3.57. The molecule has 1 aromatic heterocycles. The maximum absolute atomic E-state index is 4.54. The predicted octanol–water partition coefficient (Wildman–Crippen LogP) is 2.38. The molecule has 104 valence electrons. The fourth-order valence-electron chi connectivity index (χ4n) is 3.57. The van der Waals surface area contributed by atoms with Crippen LogP contribution in [0.1, 0.15) is 37.1 Å². The number of fused-ring (bicyclic) bond motifs is 2. The summed E-state index contributed by atoms with van der Waals surface area (Å²) in [6.45, 7) is 5.06. The van der Waals surface area contributed by atoms with E-state index in [4.69, 9.17) is 0 Å². The monoisotopic (exact) mass is 260 g/mol. The standard InChI is InChI=1S/C15H24N4/c1-10-11(2)18-15(9-16-10)17-8-12-6-13-4-5-14(7-12)19(13)3/h9,12-14H,4-8H2,1-3H3,(H,17,18). The van der Waals surface area contributed by atoms with Crippen LogP contribution in [0.3, 0.4) is 0 Å². The predicted molar refractivity (Wildman–Crippen MR) is 77.3 cm³/mol. The summed E-state index contributed by atoms with van der Waals surface area (Å²) in [5.74, 6) is 1.71. The highest BCUT2D eigenvalue weighted by Crippen LogP contribution is 2.37. The number of hydrogen-bond donors (Lipinski definition) is 1. The molecule has 4 heteroatoms. The molecule has 2 aliphatic rings. The molecule has 2 aliphatic heterocycles. The summed E-state index contributed by atoms with van der Waals surface area (Å²) in [5.41, 5.74) is 2.04. The van der Waals surface area contributed by atoms with Crippen LogP contribution < -0.4 is 5.32 Å². The van der Waals surface area contributed by atoms with E-state index < -0.39 is 0 Å². The zero-order valence-electron chi connectivity index (χ0n) is 12.2. The minimum absolute atomic E-state index is 0.789. The SMILES string of the molecule is Cc1ncc(NCC2CC3CCC(C2)N3C)nc1C. The van der Waals surface area contributed by atoms with Gasteiger partial charge < -0.3 is 10.2 Å². The minimum atomic E-state index is 0.789. The Labute approximate surface area is 115 Å². The largest absolute Gasteiger partial charge is 0.369 e. The fraction of sp³-hybridized carbons (Fsp3) is 0.733. The molecule has 0 spiro atoms. The van der Waals surface area contributed by atoms with E-state index in [9.17, 15) is 0 Å². The van der Waals surface area contributed by atoms with Crippen molar-refractivity contribution in [2.75, 3.05) is 18.9 Å². The van der Waals surface area contributed by atoms with Gasteiger partial charge in [0.15, 0.2) is 0 Å². The van der Waals surface area contributed by atoms with Crippen LogP contribution in [-0.4, -0.2) is 40.5 Å². The Hall–Kier alpha value is -1.16. The molecule has 4 nitrogen and oxygen atoms in total. The smallest absolute Gasteiger partial charge is 0.144 e. The van der Waals surface area contributed by atoms with Gasteiger partial charge >= 0.3 is 0 Å². The zero-order chi connectivity index (χ0) is 13.4. The number of hydrogen-bond acceptors (Lipinski definition) is 4. The van der Waals surface area contributed by atoms with E-state index in [1.54, 1.807) is 0 Å². The van der Waals surface area contributed by atoms with Crippen molar-refractivity contribution in [3.05, 3.63) is 17.6 Å². The Morgan fingerprint density at radius 1 is 1.21 bits per heavy atom. The number of aromatic nitrogens is 2. The lowest BCUT2D eigenvalue weighted by Gasteiger charge is -2.36. The van der Waals surface area contributed by atoms with Crippen molar-refractivity contribution in [2.45, 2.75) is 51.6 Å². The first-order valence-corrected chi connectivity index (χ1v) is 7.39. The molecule has 2 bridgehead atoms. The molecule has 2 atom stereocenters. The van der Waals surface area contributed by atoms with Crippen LogP contribution in [0.2, 0.25) is 0 Å². The van der Waals surface area contributed by atoms with E-state index in [0.717, 1.165) is 41.8 Å². The third-order valence-electron chi connectivity index (χ3n) is 4.96. The Kier molecular flexibility index (Phi) is 3.44. The molecule has 0 saturated carbocycles. The normalized spacial score (nSPS) is 30.6. The Balaban J connectivity index is 1.57. The number of nitrogens with one attached hydrogen (secondary N) is 1. The van der Waals surface area contributed by atoms with E-state index in [-0.39, 0.29) is 0 Å². The third-order valence-corrected chi connectivity index (χ3v) is 4.96. The van der Waals surface area contributed by atoms with Crippen molar-refractivity contribution < 1.29 is 0 Å². The average molecular weight is 260 g/mol. The highest BCUT2D eigenvalue weighted by molar-refractivity contribution is 5.33. The molecule has 0 aliphatic carbocycles. The highest BCUT2D eigenvalue weighted by atomic mass is 15.2. The molecule has 0 aromatic carbocycles. The van der Waals surface area contributed by atoms with Gasteiger partial charge in [0.1, 0.15) is 5.82 Å². The van der Waals surface area contributed by atoms with Gasteiger partial charge in [-0.1, -0.05) is 0 Å². The summed E-state index contributed by atoms with van der Waals surface area (Å²) in [4.78, 5) is 11.5. The third kappa shape index (κ3) is 2.59. The van der Waals surface area contributed by atoms with Crippen LogP contribution in [0.25, 0.3) is 0 Å². The van der Waals surface area contributed by atoms with Gasteiger partial charge in [-0.2, -0.15) is 0 Å². The summed E-state index contributed by atoms with van der Waals surface area (Å²) in [5, 5.41) is 3.47. The van der Waals surface area contributed by atoms with Crippen LogP contribution >= 0.6 is 0 Å². The summed E-state index contributed by atoms with van der Waals surface area (Å²) < 4.78 is 0. The molecule has 19 heavy (non-hydrogen) atoms. The van der Waals surface area contributed by atoms with E-state index >= 15 is 0 Å². The molecule has 1 aromatic rings. The first-order chi connectivity index (χ1) is 9.13. The molecule has 2 unspecified atom stereocenters. The highest BCUT2D eigenvalue weighted by Gasteiger charge is 2.38. The van der Waals surface area contributed by atoms with Gasteiger partial charge in [-0.05, 0) is 52.5 Å². The van der Waals surface area contributed by atoms with Crippen molar-refractivity contribution in [2.24, 2.45) is 5.92 Å². The Morgan fingerprint density at radius 2 is 1.89 bits per heavy atom. The number of rotatable bonds is 3. The van der Waals surface area contributed by atoms with Gasteiger partial charge in [-0.25, -0.2) is 4.98 Å². The lowest BCUT2D eigenvalue weighted by atomic mass is 9.91. The molecular formula is C15H24N4. The molecule has 3 rings (SSSR count). The second kappa shape index (κ2) is 5.08. The van der Waals surface area contributed by atoms with Crippen molar-refractivity contribution in [1.82, 2.24) is 14.9 Å². The molecular weight excluding hydrogens is 236 g/mol. The van der Waals surface area contributed by atoms with E-state index in [0.29, 0.717) is 0 Å². The summed E-state index contributed by atoms with van der Waals surface area (Å²) >= 11 is 0. The molecule has 1 N–H and O–H groups in total. The van der Waals surface area contributed by atoms with Crippen molar-refractivity contribution in [1.29, 1.82) is 0 Å². The quantitative estimate of drug-likeness (QED) is 0.906. The number of anilines is 1. The maximum Gasteiger partial charge on any atom is 0.144 e. The zero-order valence-corrected chi connectivity index (χ0v) is 12.2. The topological polar surface area (TPSA) is 41.1 Å². The van der Waals surface area contributed by atoms with Crippen LogP contribution in [-0.2, 0) is 0 Å². The van der Waals surface area contributed by atoms with Gasteiger partial charge in [0.2, 0.25) is 0 Å². The van der Waals surface area contributed by atoms with Gasteiger partial charge in [0.25, 0.3) is 0 Å². The summed E-state index contributed by atoms with van der Waals surface area (Å²) in [6, 6.07) is 1.63. The lowest BCUT2D eigenvalue weighted by molar-refractivity contribution is 0.139. The first-order valence-electron chi connectivity index (χ1n) is 7.39. The van der Waals surface area contributed by atoms with Crippen molar-refractivity contribution in [3.63, 3.8) is 0 Å².